The fraction of sp³-hybridized carbons (Fsp3) is 0.409. The molecule has 3 nitrogen and oxygen atoms in total. The van der Waals surface area contributed by atoms with Crippen LogP contribution in [0.25, 0.3) is 0 Å². The number of carbonyl (C=O) groups excluding carboxylic acids is 1. The lowest BCUT2D eigenvalue weighted by Crippen LogP contribution is -2.44. The van der Waals surface area contributed by atoms with Gasteiger partial charge in [-0.25, -0.2) is 0 Å². The summed E-state index contributed by atoms with van der Waals surface area (Å²) in [6, 6.07) is 16.8. The van der Waals surface area contributed by atoms with Crippen LogP contribution in [0.4, 0.5) is 0 Å². The summed E-state index contributed by atoms with van der Waals surface area (Å²) in [4.78, 5) is 14.9. The molecule has 132 valence electrons. The van der Waals surface area contributed by atoms with Gasteiger partial charge in [0.15, 0.2) is 0 Å². The highest BCUT2D eigenvalue weighted by molar-refractivity contribution is 5.81. The largest absolute Gasteiger partial charge is 0.348 e. The first-order valence-corrected chi connectivity index (χ1v) is 9.19. The summed E-state index contributed by atoms with van der Waals surface area (Å²) < 4.78 is 0. The Morgan fingerprint density at radius 2 is 1.92 bits per heavy atom. The van der Waals surface area contributed by atoms with Crippen molar-refractivity contribution >= 4 is 5.91 Å². The predicted molar refractivity (Wildman–Crippen MR) is 102 cm³/mol. The van der Waals surface area contributed by atoms with Crippen molar-refractivity contribution < 1.29 is 4.79 Å². The Hall–Kier alpha value is -2.13. The van der Waals surface area contributed by atoms with Gasteiger partial charge in [-0.3, -0.25) is 9.69 Å². The van der Waals surface area contributed by atoms with Gasteiger partial charge in [-0.15, -0.1) is 0 Å². The molecule has 0 radical (unpaired) electrons. The number of benzene rings is 2. The third-order valence-corrected chi connectivity index (χ3v) is 5.41. The average Bonchev–Trinajstić information content (AvgIpc) is 2.63. The van der Waals surface area contributed by atoms with E-state index >= 15 is 0 Å². The monoisotopic (exact) mass is 336 g/mol. The number of rotatable bonds is 5. The second-order valence-electron chi connectivity index (χ2n) is 7.17. The van der Waals surface area contributed by atoms with E-state index in [1.54, 1.807) is 0 Å². The molecule has 1 amide bonds. The lowest BCUT2D eigenvalue weighted by molar-refractivity contribution is -0.126. The molecule has 0 saturated heterocycles. The van der Waals surface area contributed by atoms with Gasteiger partial charge in [0.2, 0.25) is 5.91 Å². The van der Waals surface area contributed by atoms with Crippen LogP contribution in [-0.2, 0) is 17.8 Å². The number of fused-ring (bicyclic) bond motifs is 1. The van der Waals surface area contributed by atoms with Crippen molar-refractivity contribution in [3.8, 4) is 0 Å². The van der Waals surface area contributed by atoms with E-state index in [1.807, 2.05) is 14.0 Å². The van der Waals surface area contributed by atoms with Crippen LogP contribution in [0.2, 0.25) is 0 Å². The Labute approximate surface area is 151 Å². The molecule has 1 aliphatic carbocycles. The number of amides is 1. The van der Waals surface area contributed by atoms with E-state index in [1.165, 1.54) is 22.3 Å². The Balaban J connectivity index is 1.64. The second-order valence-corrected chi connectivity index (χ2v) is 7.17. The first-order valence-electron chi connectivity index (χ1n) is 9.19. The molecule has 2 aromatic rings. The van der Waals surface area contributed by atoms with Gasteiger partial charge in [0.1, 0.15) is 0 Å². The molecule has 1 aliphatic rings. The maximum Gasteiger partial charge on any atom is 0.237 e. The van der Waals surface area contributed by atoms with Crippen LogP contribution in [0.1, 0.15) is 48.1 Å². The van der Waals surface area contributed by atoms with Gasteiger partial charge in [-0.2, -0.15) is 0 Å². The zero-order chi connectivity index (χ0) is 17.8. The molecule has 0 heterocycles. The highest BCUT2D eigenvalue weighted by Crippen LogP contribution is 2.29. The molecular weight excluding hydrogens is 308 g/mol. The number of likely N-dealkylation sites (N-methyl/N-ethyl adjacent to an activating group) is 1. The average molecular weight is 336 g/mol. The first kappa shape index (κ1) is 17.7. The molecule has 2 atom stereocenters. The van der Waals surface area contributed by atoms with Crippen LogP contribution in [0.5, 0.6) is 0 Å². The van der Waals surface area contributed by atoms with Crippen LogP contribution < -0.4 is 5.32 Å². The molecule has 2 aromatic carbocycles. The normalized spacial score (nSPS) is 17.8. The number of aryl methyl sites for hydroxylation is 2. The molecule has 0 aromatic heterocycles. The molecular formula is C22H28N2O. The lowest BCUT2D eigenvalue weighted by Gasteiger charge is -2.30. The van der Waals surface area contributed by atoms with Crippen LogP contribution in [0.15, 0.2) is 48.5 Å². The minimum atomic E-state index is -0.159. The molecule has 3 rings (SSSR count). The lowest BCUT2D eigenvalue weighted by atomic mass is 9.87. The van der Waals surface area contributed by atoms with Crippen molar-refractivity contribution in [2.45, 2.75) is 51.7 Å². The Morgan fingerprint density at radius 1 is 1.20 bits per heavy atom. The fourth-order valence-corrected chi connectivity index (χ4v) is 3.59. The van der Waals surface area contributed by atoms with E-state index in [-0.39, 0.29) is 18.0 Å². The van der Waals surface area contributed by atoms with Crippen molar-refractivity contribution in [1.82, 2.24) is 10.2 Å². The molecule has 0 bridgehead atoms. The Bertz CT molecular complexity index is 740. The Morgan fingerprint density at radius 3 is 2.72 bits per heavy atom. The number of hydrogen-bond donors (Lipinski definition) is 1. The van der Waals surface area contributed by atoms with Crippen molar-refractivity contribution in [1.29, 1.82) is 0 Å². The van der Waals surface area contributed by atoms with E-state index in [0.717, 1.165) is 25.8 Å². The fourth-order valence-electron chi connectivity index (χ4n) is 3.59. The molecule has 3 heteroatoms. The number of nitrogens with one attached hydrogen (secondary N) is 1. The summed E-state index contributed by atoms with van der Waals surface area (Å²) in [6.45, 7) is 4.89. The number of hydrogen-bond acceptors (Lipinski definition) is 2. The zero-order valence-corrected chi connectivity index (χ0v) is 15.5. The van der Waals surface area contributed by atoms with Crippen LogP contribution in [-0.4, -0.2) is 23.9 Å². The van der Waals surface area contributed by atoms with Gasteiger partial charge in [0.05, 0.1) is 12.1 Å². The predicted octanol–water partition coefficient (Wildman–Crippen LogP) is 4.01. The second kappa shape index (κ2) is 7.83. The summed E-state index contributed by atoms with van der Waals surface area (Å²) in [5.41, 5.74) is 5.20. The molecule has 0 saturated carbocycles. The van der Waals surface area contributed by atoms with Crippen LogP contribution in [0.3, 0.4) is 0 Å². The van der Waals surface area contributed by atoms with Gasteiger partial charge in [-0.05, 0) is 62.4 Å². The third-order valence-electron chi connectivity index (χ3n) is 5.41. The van der Waals surface area contributed by atoms with Gasteiger partial charge in [0, 0.05) is 6.54 Å². The Kier molecular flexibility index (Phi) is 5.54. The molecule has 0 spiro atoms. The highest BCUT2D eigenvalue weighted by atomic mass is 16.2. The SMILES string of the molecule is Cc1ccccc1CN(C)[C@@H](C)C(=O)N[C@@H]1CCCc2ccccc21. The van der Waals surface area contributed by atoms with Gasteiger partial charge < -0.3 is 5.32 Å². The summed E-state index contributed by atoms with van der Waals surface area (Å²) >= 11 is 0. The van der Waals surface area contributed by atoms with Crippen LogP contribution >= 0.6 is 0 Å². The summed E-state index contributed by atoms with van der Waals surface area (Å²) in [6.07, 6.45) is 3.28. The minimum Gasteiger partial charge on any atom is -0.348 e. The van der Waals surface area contributed by atoms with Crippen molar-refractivity contribution in [2.24, 2.45) is 0 Å². The van der Waals surface area contributed by atoms with E-state index in [0.29, 0.717) is 0 Å². The standard InChI is InChI=1S/C22H28N2O/c1-16-9-4-5-11-19(16)15-24(3)17(2)22(25)23-21-14-8-12-18-10-6-7-13-20(18)21/h4-7,9-11,13,17,21H,8,12,14-15H2,1-3H3,(H,23,25)/t17-,21+/m0/s1. The van der Waals surface area contributed by atoms with Crippen molar-refractivity contribution in [3.05, 3.63) is 70.8 Å². The maximum absolute atomic E-state index is 12.8. The van der Waals surface area contributed by atoms with E-state index < -0.39 is 0 Å². The highest BCUT2D eigenvalue weighted by Gasteiger charge is 2.25. The summed E-state index contributed by atoms with van der Waals surface area (Å²) in [5.74, 6) is 0.109. The van der Waals surface area contributed by atoms with E-state index in [4.69, 9.17) is 0 Å². The van der Waals surface area contributed by atoms with E-state index in [2.05, 4.69) is 65.7 Å². The third kappa shape index (κ3) is 4.10. The molecule has 0 fully saturated rings. The maximum atomic E-state index is 12.8. The number of nitrogens with zero attached hydrogens (tertiary/aromatic N) is 1. The number of carbonyl (C=O) groups is 1. The van der Waals surface area contributed by atoms with Crippen molar-refractivity contribution in [2.75, 3.05) is 7.05 Å². The molecule has 25 heavy (non-hydrogen) atoms. The molecule has 0 aliphatic heterocycles. The van der Waals surface area contributed by atoms with Gasteiger partial charge >= 0.3 is 0 Å². The van der Waals surface area contributed by atoms with E-state index in [9.17, 15) is 4.79 Å². The smallest absolute Gasteiger partial charge is 0.237 e. The van der Waals surface area contributed by atoms with Crippen LogP contribution in [0, 0.1) is 6.92 Å². The quantitative estimate of drug-likeness (QED) is 0.895. The summed E-state index contributed by atoms with van der Waals surface area (Å²) in [5, 5.41) is 3.28. The van der Waals surface area contributed by atoms with Crippen molar-refractivity contribution in [3.63, 3.8) is 0 Å². The van der Waals surface area contributed by atoms with Gasteiger partial charge in [-0.1, -0.05) is 48.5 Å². The molecule has 0 unspecified atom stereocenters. The zero-order valence-electron chi connectivity index (χ0n) is 15.5. The summed E-state index contributed by atoms with van der Waals surface area (Å²) in [7, 11) is 2.02. The minimum absolute atomic E-state index is 0.109. The molecule has 1 N–H and O–H groups in total. The first-order chi connectivity index (χ1) is 12.1. The topological polar surface area (TPSA) is 32.3 Å². The van der Waals surface area contributed by atoms with Gasteiger partial charge in [0.25, 0.3) is 0 Å².